The van der Waals surface area contributed by atoms with Crippen LogP contribution in [0.2, 0.25) is 0 Å². The van der Waals surface area contributed by atoms with Gasteiger partial charge in [-0.1, -0.05) is 19.1 Å². The first-order valence-corrected chi connectivity index (χ1v) is 4.65. The predicted molar refractivity (Wildman–Crippen MR) is 57.6 cm³/mol. The lowest BCUT2D eigenvalue weighted by molar-refractivity contribution is 0.402. The van der Waals surface area contributed by atoms with E-state index < -0.39 is 0 Å². The van der Waals surface area contributed by atoms with Gasteiger partial charge in [0.2, 0.25) is 0 Å². The fourth-order valence-corrected chi connectivity index (χ4v) is 1.43. The van der Waals surface area contributed by atoms with Gasteiger partial charge < -0.3 is 10.6 Å². The molecule has 0 bridgehead atoms. The topological polar surface area (TPSA) is 29.3 Å². The van der Waals surface area contributed by atoms with Gasteiger partial charge in [-0.15, -0.1) is 0 Å². The maximum Gasteiger partial charge on any atom is 0.0349 e. The quantitative estimate of drug-likeness (QED) is 0.716. The van der Waals surface area contributed by atoms with Crippen molar-refractivity contribution in [3.8, 4) is 0 Å². The zero-order valence-electron chi connectivity index (χ0n) is 8.67. The Bertz CT molecular complexity index is 279. The molecule has 0 heterocycles. The lowest BCUT2D eigenvalue weighted by Crippen LogP contribution is -2.11. The van der Waals surface area contributed by atoms with Crippen LogP contribution in [0.5, 0.6) is 0 Å². The first kappa shape index (κ1) is 10.1. The molecule has 72 valence electrons. The van der Waals surface area contributed by atoms with E-state index in [-0.39, 0.29) is 0 Å². The number of nitrogen functional groups attached to an aromatic ring is 1. The summed E-state index contributed by atoms with van der Waals surface area (Å²) in [5, 5.41) is 0. The molecule has 0 aliphatic carbocycles. The molecule has 0 aromatic heterocycles. The zero-order chi connectivity index (χ0) is 9.84. The van der Waals surface area contributed by atoms with Crippen molar-refractivity contribution in [1.82, 2.24) is 4.90 Å². The Morgan fingerprint density at radius 2 is 2.00 bits per heavy atom. The van der Waals surface area contributed by atoms with E-state index in [4.69, 9.17) is 5.73 Å². The lowest BCUT2D eigenvalue weighted by Gasteiger charge is -2.11. The van der Waals surface area contributed by atoms with Crippen molar-refractivity contribution in [3.63, 3.8) is 0 Å². The Morgan fingerprint density at radius 3 is 2.46 bits per heavy atom. The summed E-state index contributed by atoms with van der Waals surface area (Å²) in [5.41, 5.74) is 9.32. The molecule has 0 spiro atoms. The number of nitrogens with zero attached hydrogens (tertiary/aromatic N) is 1. The molecule has 2 heteroatoms. The summed E-state index contributed by atoms with van der Waals surface area (Å²) >= 11 is 0. The van der Waals surface area contributed by atoms with Crippen molar-refractivity contribution in [1.29, 1.82) is 0 Å². The molecular weight excluding hydrogens is 160 g/mol. The maximum absolute atomic E-state index is 5.89. The second-order valence-electron chi connectivity index (χ2n) is 3.62. The summed E-state index contributed by atoms with van der Waals surface area (Å²) < 4.78 is 0. The minimum Gasteiger partial charge on any atom is -0.398 e. The average molecular weight is 178 g/mol. The molecule has 2 nitrogen and oxygen atoms in total. The third-order valence-electron chi connectivity index (χ3n) is 2.09. The molecule has 0 unspecified atom stereocenters. The average Bonchev–Trinajstić information content (AvgIpc) is 2.03. The van der Waals surface area contributed by atoms with E-state index in [0.29, 0.717) is 0 Å². The van der Waals surface area contributed by atoms with Gasteiger partial charge >= 0.3 is 0 Å². The minimum atomic E-state index is 0.918. The van der Waals surface area contributed by atoms with Gasteiger partial charge in [0, 0.05) is 12.2 Å². The van der Waals surface area contributed by atoms with Crippen LogP contribution < -0.4 is 5.73 Å². The number of rotatable bonds is 3. The first-order valence-electron chi connectivity index (χ1n) is 4.65. The molecule has 1 rings (SSSR count). The smallest absolute Gasteiger partial charge is 0.0349 e. The molecule has 0 aliphatic rings. The molecule has 0 saturated heterocycles. The highest BCUT2D eigenvalue weighted by Crippen LogP contribution is 2.15. The van der Waals surface area contributed by atoms with Crippen molar-refractivity contribution in [2.24, 2.45) is 0 Å². The Morgan fingerprint density at radius 1 is 1.31 bits per heavy atom. The number of hydrogen-bond acceptors (Lipinski definition) is 2. The number of anilines is 1. The van der Waals surface area contributed by atoms with Crippen LogP contribution >= 0.6 is 0 Å². The number of aryl methyl sites for hydroxylation is 1. The number of benzene rings is 1. The van der Waals surface area contributed by atoms with Crippen LogP contribution in [-0.4, -0.2) is 19.0 Å². The number of nitrogens with two attached hydrogens (primary N) is 1. The van der Waals surface area contributed by atoms with Gasteiger partial charge in [-0.2, -0.15) is 0 Å². The molecule has 1 aromatic carbocycles. The second-order valence-corrected chi connectivity index (χ2v) is 3.62. The largest absolute Gasteiger partial charge is 0.398 e. The van der Waals surface area contributed by atoms with E-state index in [1.165, 1.54) is 11.1 Å². The molecule has 0 amide bonds. The van der Waals surface area contributed by atoms with E-state index >= 15 is 0 Å². The Hall–Kier alpha value is -1.02. The van der Waals surface area contributed by atoms with E-state index in [1.807, 2.05) is 0 Å². The lowest BCUT2D eigenvalue weighted by atomic mass is 10.1. The summed E-state index contributed by atoms with van der Waals surface area (Å²) in [5.74, 6) is 0. The fourth-order valence-electron chi connectivity index (χ4n) is 1.43. The normalized spacial score (nSPS) is 10.8. The highest BCUT2D eigenvalue weighted by Gasteiger charge is 1.99. The summed E-state index contributed by atoms with van der Waals surface area (Å²) in [6, 6.07) is 6.34. The molecule has 2 N–H and O–H groups in total. The summed E-state index contributed by atoms with van der Waals surface area (Å²) in [6.45, 7) is 3.07. The highest BCUT2D eigenvalue weighted by atomic mass is 15.0. The van der Waals surface area contributed by atoms with E-state index in [2.05, 4.69) is 44.1 Å². The molecule has 0 aliphatic heterocycles. The van der Waals surface area contributed by atoms with Crippen LogP contribution in [0.15, 0.2) is 18.2 Å². The van der Waals surface area contributed by atoms with Crippen molar-refractivity contribution < 1.29 is 0 Å². The van der Waals surface area contributed by atoms with Gasteiger partial charge in [0.05, 0.1) is 0 Å². The fraction of sp³-hybridized carbons (Fsp3) is 0.455. The standard InChI is InChI=1S/C11H18N2/c1-4-10-6-5-9(7-11(10)12)8-13(2)3/h5-7H,4,8,12H2,1-3H3. The summed E-state index contributed by atoms with van der Waals surface area (Å²) in [6.07, 6.45) is 1.01. The van der Waals surface area contributed by atoms with Crippen LogP contribution in [0.4, 0.5) is 5.69 Å². The molecule has 0 atom stereocenters. The Kier molecular flexibility index (Phi) is 3.32. The van der Waals surface area contributed by atoms with Crippen molar-refractivity contribution in [3.05, 3.63) is 29.3 Å². The van der Waals surface area contributed by atoms with E-state index in [9.17, 15) is 0 Å². The van der Waals surface area contributed by atoms with Gasteiger partial charge in [0.1, 0.15) is 0 Å². The van der Waals surface area contributed by atoms with Gasteiger partial charge in [0.15, 0.2) is 0 Å². The van der Waals surface area contributed by atoms with Crippen molar-refractivity contribution >= 4 is 5.69 Å². The molecular formula is C11H18N2. The van der Waals surface area contributed by atoms with Crippen molar-refractivity contribution in [2.45, 2.75) is 19.9 Å². The van der Waals surface area contributed by atoms with Crippen LogP contribution in [0, 0.1) is 0 Å². The van der Waals surface area contributed by atoms with Crippen LogP contribution in [-0.2, 0) is 13.0 Å². The molecule has 0 radical (unpaired) electrons. The van der Waals surface area contributed by atoms with Crippen LogP contribution in [0.1, 0.15) is 18.1 Å². The van der Waals surface area contributed by atoms with Crippen LogP contribution in [0.25, 0.3) is 0 Å². The second kappa shape index (κ2) is 4.28. The Balaban J connectivity index is 2.83. The van der Waals surface area contributed by atoms with E-state index in [1.54, 1.807) is 0 Å². The highest BCUT2D eigenvalue weighted by molar-refractivity contribution is 5.49. The summed E-state index contributed by atoms with van der Waals surface area (Å²) in [4.78, 5) is 2.14. The van der Waals surface area contributed by atoms with E-state index in [0.717, 1.165) is 18.7 Å². The Labute approximate surface area is 80.4 Å². The minimum absolute atomic E-state index is 0.918. The third kappa shape index (κ3) is 2.74. The zero-order valence-corrected chi connectivity index (χ0v) is 8.67. The summed E-state index contributed by atoms with van der Waals surface area (Å²) in [7, 11) is 4.12. The van der Waals surface area contributed by atoms with Gasteiger partial charge in [-0.05, 0) is 37.7 Å². The van der Waals surface area contributed by atoms with Gasteiger partial charge in [-0.25, -0.2) is 0 Å². The first-order chi connectivity index (χ1) is 6.13. The monoisotopic (exact) mass is 178 g/mol. The molecule has 0 saturated carbocycles. The third-order valence-corrected chi connectivity index (χ3v) is 2.09. The SMILES string of the molecule is CCc1ccc(CN(C)C)cc1N. The maximum atomic E-state index is 5.89. The molecule has 13 heavy (non-hydrogen) atoms. The number of hydrogen-bond donors (Lipinski definition) is 1. The predicted octanol–water partition coefficient (Wildman–Crippen LogP) is 1.89. The molecule has 1 aromatic rings. The van der Waals surface area contributed by atoms with Crippen LogP contribution in [0.3, 0.4) is 0 Å². The van der Waals surface area contributed by atoms with Gasteiger partial charge in [-0.3, -0.25) is 0 Å². The molecule has 0 fully saturated rings. The van der Waals surface area contributed by atoms with Gasteiger partial charge in [0.25, 0.3) is 0 Å². The van der Waals surface area contributed by atoms with Crippen molar-refractivity contribution in [2.75, 3.05) is 19.8 Å².